The van der Waals surface area contributed by atoms with Crippen LogP contribution in [0.25, 0.3) is 10.8 Å². The number of hydrogen-bond acceptors (Lipinski definition) is 3. The number of hydrogen-bond donors (Lipinski definition) is 1. The Morgan fingerprint density at radius 2 is 2.00 bits per heavy atom. The largest absolute Gasteiger partial charge is 0.359 e. The van der Waals surface area contributed by atoms with E-state index in [9.17, 15) is 0 Å². The number of pyridine rings is 1. The molecule has 1 N–H and O–H groups in total. The van der Waals surface area contributed by atoms with E-state index in [0.717, 1.165) is 31.1 Å². The summed E-state index contributed by atoms with van der Waals surface area (Å²) in [5, 5.41) is 5.96. The average molecular weight is 271 g/mol. The van der Waals surface area contributed by atoms with E-state index in [1.54, 1.807) is 0 Å². The second-order valence-electron chi connectivity index (χ2n) is 5.70. The molecule has 20 heavy (non-hydrogen) atoms. The van der Waals surface area contributed by atoms with Gasteiger partial charge < -0.3 is 10.2 Å². The number of nitrogens with zero attached hydrogens (tertiary/aromatic N) is 2. The molecule has 0 fully saturated rings. The first-order chi connectivity index (χ1) is 9.61. The zero-order chi connectivity index (χ0) is 14.5. The molecule has 0 spiro atoms. The number of benzene rings is 1. The molecule has 2 aromatic rings. The van der Waals surface area contributed by atoms with Gasteiger partial charge in [-0.05, 0) is 30.8 Å². The van der Waals surface area contributed by atoms with Crippen LogP contribution in [0, 0.1) is 5.92 Å². The molecule has 0 saturated heterocycles. The predicted octanol–water partition coefficient (Wildman–Crippen LogP) is 3.44. The molecule has 0 radical (unpaired) electrons. The van der Waals surface area contributed by atoms with Gasteiger partial charge in [0.05, 0.1) is 5.69 Å². The fourth-order valence-corrected chi connectivity index (χ4v) is 2.25. The maximum absolute atomic E-state index is 4.83. The number of nitrogens with one attached hydrogen (secondary N) is 1. The minimum Gasteiger partial charge on any atom is -0.359 e. The van der Waals surface area contributed by atoms with Crippen molar-refractivity contribution in [3.05, 3.63) is 36.0 Å². The predicted molar refractivity (Wildman–Crippen MR) is 87.2 cm³/mol. The van der Waals surface area contributed by atoms with Gasteiger partial charge in [-0.2, -0.15) is 0 Å². The topological polar surface area (TPSA) is 28.2 Å². The van der Waals surface area contributed by atoms with Gasteiger partial charge in [0.1, 0.15) is 5.82 Å². The molecule has 0 atom stereocenters. The van der Waals surface area contributed by atoms with E-state index in [0.29, 0.717) is 5.92 Å². The molecule has 0 saturated carbocycles. The first kappa shape index (κ1) is 14.8. The van der Waals surface area contributed by atoms with E-state index in [-0.39, 0.29) is 0 Å². The van der Waals surface area contributed by atoms with Gasteiger partial charge in [0.25, 0.3) is 0 Å². The summed E-state index contributed by atoms with van der Waals surface area (Å²) in [6.45, 7) is 9.40. The van der Waals surface area contributed by atoms with Gasteiger partial charge in [-0.1, -0.05) is 38.1 Å². The zero-order valence-corrected chi connectivity index (χ0v) is 13.0. The average Bonchev–Trinajstić information content (AvgIpc) is 2.45. The molecule has 0 amide bonds. The van der Waals surface area contributed by atoms with Crippen LogP contribution in [-0.4, -0.2) is 25.1 Å². The Kier molecular flexibility index (Phi) is 4.96. The molecule has 1 heterocycles. The molecule has 0 unspecified atom stereocenters. The second-order valence-corrected chi connectivity index (χ2v) is 5.70. The molecule has 3 heteroatoms. The summed E-state index contributed by atoms with van der Waals surface area (Å²) in [7, 11) is 2.10. The van der Waals surface area contributed by atoms with Gasteiger partial charge in [-0.25, -0.2) is 4.98 Å². The minimum atomic E-state index is 0.660. The van der Waals surface area contributed by atoms with Crippen molar-refractivity contribution in [1.29, 1.82) is 0 Å². The van der Waals surface area contributed by atoms with Crippen molar-refractivity contribution < 1.29 is 0 Å². The number of fused-ring (bicyclic) bond motifs is 1. The summed E-state index contributed by atoms with van der Waals surface area (Å²) in [4.78, 5) is 7.03. The molecule has 3 nitrogen and oxygen atoms in total. The van der Waals surface area contributed by atoms with Crippen molar-refractivity contribution >= 4 is 16.6 Å². The summed E-state index contributed by atoms with van der Waals surface area (Å²) in [6.07, 6.45) is 0. The van der Waals surface area contributed by atoms with Crippen molar-refractivity contribution in [3.63, 3.8) is 0 Å². The Morgan fingerprint density at radius 1 is 1.25 bits per heavy atom. The van der Waals surface area contributed by atoms with Crippen LogP contribution >= 0.6 is 0 Å². The van der Waals surface area contributed by atoms with Crippen LogP contribution in [0.4, 0.5) is 5.82 Å². The normalized spacial score (nSPS) is 11.2. The third-order valence-electron chi connectivity index (χ3n) is 3.47. The first-order valence-electron chi connectivity index (χ1n) is 7.42. The highest BCUT2D eigenvalue weighted by Crippen LogP contribution is 2.24. The van der Waals surface area contributed by atoms with Gasteiger partial charge in [0.2, 0.25) is 0 Å². The van der Waals surface area contributed by atoms with E-state index in [1.807, 2.05) is 0 Å². The maximum Gasteiger partial charge on any atom is 0.136 e. The number of rotatable bonds is 6. The van der Waals surface area contributed by atoms with Crippen LogP contribution < -0.4 is 10.2 Å². The Labute approximate surface area is 122 Å². The lowest BCUT2D eigenvalue weighted by atomic mass is 10.1. The molecule has 0 aliphatic heterocycles. The molecule has 0 aliphatic rings. The van der Waals surface area contributed by atoms with Crippen LogP contribution in [0.15, 0.2) is 30.3 Å². The molecular formula is C17H25N3. The molecule has 2 rings (SSSR count). The fraction of sp³-hybridized carbons (Fsp3) is 0.471. The Balaban J connectivity index is 2.32. The summed E-state index contributed by atoms with van der Waals surface area (Å²) >= 11 is 0. The third kappa shape index (κ3) is 3.48. The summed E-state index contributed by atoms with van der Waals surface area (Å²) in [6, 6.07) is 10.7. The quantitative estimate of drug-likeness (QED) is 0.872. The summed E-state index contributed by atoms with van der Waals surface area (Å²) in [5.41, 5.74) is 1.11. The van der Waals surface area contributed by atoms with Gasteiger partial charge in [0.15, 0.2) is 0 Å². The lowest BCUT2D eigenvalue weighted by Crippen LogP contribution is -2.22. The number of aromatic nitrogens is 1. The molecule has 1 aromatic carbocycles. The Morgan fingerprint density at radius 3 is 2.70 bits per heavy atom. The second kappa shape index (κ2) is 6.71. The molecule has 0 aliphatic carbocycles. The van der Waals surface area contributed by atoms with Crippen molar-refractivity contribution in [2.75, 3.05) is 25.0 Å². The summed E-state index contributed by atoms with van der Waals surface area (Å²) < 4.78 is 0. The van der Waals surface area contributed by atoms with E-state index in [2.05, 4.69) is 68.4 Å². The monoisotopic (exact) mass is 271 g/mol. The van der Waals surface area contributed by atoms with Gasteiger partial charge >= 0.3 is 0 Å². The van der Waals surface area contributed by atoms with Crippen molar-refractivity contribution in [2.24, 2.45) is 5.92 Å². The lowest BCUT2D eigenvalue weighted by molar-refractivity contribution is 0.548. The van der Waals surface area contributed by atoms with Crippen LogP contribution in [0.5, 0.6) is 0 Å². The highest BCUT2D eigenvalue weighted by molar-refractivity contribution is 5.92. The highest BCUT2D eigenvalue weighted by Gasteiger charge is 2.09. The smallest absolute Gasteiger partial charge is 0.136 e. The van der Waals surface area contributed by atoms with Crippen LogP contribution in [0.2, 0.25) is 0 Å². The third-order valence-corrected chi connectivity index (χ3v) is 3.47. The molecule has 108 valence electrons. The van der Waals surface area contributed by atoms with Gasteiger partial charge in [-0.3, -0.25) is 0 Å². The van der Waals surface area contributed by atoms with Crippen molar-refractivity contribution in [2.45, 2.75) is 27.3 Å². The zero-order valence-electron chi connectivity index (χ0n) is 13.0. The van der Waals surface area contributed by atoms with Gasteiger partial charge in [-0.15, -0.1) is 0 Å². The Bertz CT molecular complexity index is 563. The van der Waals surface area contributed by atoms with Crippen LogP contribution in [0.1, 0.15) is 26.5 Å². The van der Waals surface area contributed by atoms with Gasteiger partial charge in [0, 0.05) is 25.5 Å². The SMILES string of the molecule is CCN(C)c1nc(CNCC(C)C)cc2ccccc12. The Hall–Kier alpha value is -1.61. The highest BCUT2D eigenvalue weighted by atomic mass is 15.2. The molecule has 0 bridgehead atoms. The first-order valence-corrected chi connectivity index (χ1v) is 7.42. The van der Waals surface area contributed by atoms with E-state index >= 15 is 0 Å². The number of anilines is 1. The van der Waals surface area contributed by atoms with E-state index < -0.39 is 0 Å². The van der Waals surface area contributed by atoms with E-state index in [1.165, 1.54) is 10.8 Å². The molecule has 1 aromatic heterocycles. The van der Waals surface area contributed by atoms with Crippen molar-refractivity contribution in [3.8, 4) is 0 Å². The minimum absolute atomic E-state index is 0.660. The summed E-state index contributed by atoms with van der Waals surface area (Å²) in [5.74, 6) is 1.74. The maximum atomic E-state index is 4.83. The molecular weight excluding hydrogens is 246 g/mol. The van der Waals surface area contributed by atoms with Crippen molar-refractivity contribution in [1.82, 2.24) is 10.3 Å². The standard InChI is InChI=1S/C17H25N3/c1-5-20(4)17-16-9-7-6-8-14(16)10-15(19-17)12-18-11-13(2)3/h6-10,13,18H,5,11-12H2,1-4H3. The lowest BCUT2D eigenvalue weighted by Gasteiger charge is -2.19. The van der Waals surface area contributed by atoms with Crippen LogP contribution in [0.3, 0.4) is 0 Å². The van der Waals surface area contributed by atoms with Crippen LogP contribution in [-0.2, 0) is 6.54 Å². The van der Waals surface area contributed by atoms with E-state index in [4.69, 9.17) is 4.98 Å². The fourth-order valence-electron chi connectivity index (χ4n) is 2.25.